The Bertz CT molecular complexity index is 514. The standard InChI is InChI=1S/C12H11Cl2NO4/c13-9-2-1-8(3-10(9)14)19-6-11(16)15-4-7(5-15)12(17)18/h1-3,7H,4-6H2,(H,17,18). The number of carboxylic acid groups (broad SMARTS) is 1. The number of carbonyl (C=O) groups excluding carboxylic acids is 1. The van der Waals surface area contributed by atoms with Gasteiger partial charge in [0.1, 0.15) is 5.75 Å². The van der Waals surface area contributed by atoms with Crippen molar-refractivity contribution in [1.82, 2.24) is 4.90 Å². The molecule has 1 N–H and O–H groups in total. The Morgan fingerprint density at radius 3 is 2.58 bits per heavy atom. The van der Waals surface area contributed by atoms with Gasteiger partial charge < -0.3 is 14.7 Å². The SMILES string of the molecule is O=C(O)C1CN(C(=O)COc2ccc(Cl)c(Cl)c2)C1. The van der Waals surface area contributed by atoms with Crippen LogP contribution in [0.15, 0.2) is 18.2 Å². The van der Waals surface area contributed by atoms with Gasteiger partial charge in [-0.15, -0.1) is 0 Å². The van der Waals surface area contributed by atoms with Crippen LogP contribution in [0.4, 0.5) is 0 Å². The Morgan fingerprint density at radius 2 is 2.00 bits per heavy atom. The molecule has 0 bridgehead atoms. The summed E-state index contributed by atoms with van der Waals surface area (Å²) in [7, 11) is 0. The molecule has 1 heterocycles. The van der Waals surface area contributed by atoms with Crippen LogP contribution in [0.2, 0.25) is 10.0 Å². The normalized spacial score (nSPS) is 14.9. The van der Waals surface area contributed by atoms with Crippen molar-refractivity contribution >= 4 is 35.1 Å². The van der Waals surface area contributed by atoms with Crippen LogP contribution in [0.1, 0.15) is 0 Å². The molecule has 0 aliphatic carbocycles. The number of hydrogen-bond donors (Lipinski definition) is 1. The number of halogens is 2. The van der Waals surface area contributed by atoms with Gasteiger partial charge in [-0.1, -0.05) is 23.2 Å². The highest BCUT2D eigenvalue weighted by molar-refractivity contribution is 6.42. The van der Waals surface area contributed by atoms with Crippen LogP contribution >= 0.6 is 23.2 Å². The van der Waals surface area contributed by atoms with E-state index >= 15 is 0 Å². The van der Waals surface area contributed by atoms with Gasteiger partial charge in [0.05, 0.1) is 16.0 Å². The smallest absolute Gasteiger partial charge is 0.310 e. The number of carbonyl (C=O) groups is 2. The maximum atomic E-state index is 11.7. The molecule has 0 unspecified atom stereocenters. The maximum absolute atomic E-state index is 11.7. The molecule has 19 heavy (non-hydrogen) atoms. The highest BCUT2D eigenvalue weighted by Gasteiger charge is 2.35. The molecule has 1 amide bonds. The Kier molecular flexibility index (Phi) is 4.17. The van der Waals surface area contributed by atoms with Crippen molar-refractivity contribution in [1.29, 1.82) is 0 Å². The fraction of sp³-hybridized carbons (Fsp3) is 0.333. The molecule has 1 aliphatic rings. The number of carboxylic acids is 1. The van der Waals surface area contributed by atoms with Crippen molar-refractivity contribution in [3.05, 3.63) is 28.2 Å². The van der Waals surface area contributed by atoms with E-state index in [2.05, 4.69) is 0 Å². The molecule has 1 aromatic carbocycles. The van der Waals surface area contributed by atoms with Crippen LogP contribution in [-0.4, -0.2) is 41.6 Å². The van der Waals surface area contributed by atoms with E-state index in [4.69, 9.17) is 33.0 Å². The molecule has 2 rings (SSSR count). The fourth-order valence-corrected chi connectivity index (χ4v) is 1.93. The molecule has 7 heteroatoms. The maximum Gasteiger partial charge on any atom is 0.310 e. The predicted molar refractivity (Wildman–Crippen MR) is 69.7 cm³/mol. The molecule has 0 spiro atoms. The van der Waals surface area contributed by atoms with Crippen LogP contribution in [0.25, 0.3) is 0 Å². The first kappa shape index (κ1) is 14.0. The lowest BCUT2D eigenvalue weighted by Crippen LogP contribution is -2.54. The van der Waals surface area contributed by atoms with Gasteiger partial charge in [0, 0.05) is 19.2 Å². The van der Waals surface area contributed by atoms with Crippen LogP contribution in [-0.2, 0) is 9.59 Å². The lowest BCUT2D eigenvalue weighted by Gasteiger charge is -2.36. The number of nitrogens with zero attached hydrogens (tertiary/aromatic N) is 1. The number of hydrogen-bond acceptors (Lipinski definition) is 3. The van der Waals surface area contributed by atoms with E-state index in [1.807, 2.05) is 0 Å². The first-order chi connectivity index (χ1) is 8.97. The van der Waals surface area contributed by atoms with Gasteiger partial charge in [0.25, 0.3) is 5.91 Å². The van der Waals surface area contributed by atoms with Gasteiger partial charge in [-0.05, 0) is 12.1 Å². The molecule has 102 valence electrons. The summed E-state index contributed by atoms with van der Waals surface area (Å²) in [6, 6.07) is 4.71. The van der Waals surface area contributed by atoms with Crippen LogP contribution in [0.5, 0.6) is 5.75 Å². The van der Waals surface area contributed by atoms with Crippen LogP contribution < -0.4 is 4.74 Å². The summed E-state index contributed by atoms with van der Waals surface area (Å²) >= 11 is 11.6. The number of benzene rings is 1. The molecule has 1 fully saturated rings. The largest absolute Gasteiger partial charge is 0.484 e. The summed E-state index contributed by atoms with van der Waals surface area (Å²) < 4.78 is 5.27. The van der Waals surface area contributed by atoms with Gasteiger partial charge in [-0.25, -0.2) is 0 Å². The topological polar surface area (TPSA) is 66.8 Å². The summed E-state index contributed by atoms with van der Waals surface area (Å²) in [6.07, 6.45) is 0. The lowest BCUT2D eigenvalue weighted by atomic mass is 10.0. The molecule has 5 nitrogen and oxygen atoms in total. The third-order valence-corrected chi connectivity index (χ3v) is 3.58. The van der Waals surface area contributed by atoms with Crippen molar-refractivity contribution in [2.45, 2.75) is 0 Å². The van der Waals surface area contributed by atoms with Crippen LogP contribution in [0, 0.1) is 5.92 Å². The predicted octanol–water partition coefficient (Wildman–Crippen LogP) is 1.92. The molecule has 1 aliphatic heterocycles. The third kappa shape index (κ3) is 3.30. The van der Waals surface area contributed by atoms with Gasteiger partial charge in [-0.2, -0.15) is 0 Å². The summed E-state index contributed by atoms with van der Waals surface area (Å²) in [5, 5.41) is 9.46. The van der Waals surface area contributed by atoms with Gasteiger partial charge in [-0.3, -0.25) is 9.59 Å². The Labute approximate surface area is 119 Å². The van der Waals surface area contributed by atoms with Crippen molar-refractivity contribution in [3.8, 4) is 5.75 Å². The molecule has 0 radical (unpaired) electrons. The number of likely N-dealkylation sites (tertiary alicyclic amines) is 1. The second-order valence-electron chi connectivity index (χ2n) is 4.20. The average molecular weight is 304 g/mol. The number of amides is 1. The first-order valence-corrected chi connectivity index (χ1v) is 6.31. The van der Waals surface area contributed by atoms with Crippen molar-refractivity contribution in [2.24, 2.45) is 5.92 Å². The minimum Gasteiger partial charge on any atom is -0.484 e. The molecule has 1 saturated heterocycles. The number of aliphatic carboxylic acids is 1. The first-order valence-electron chi connectivity index (χ1n) is 5.56. The second-order valence-corrected chi connectivity index (χ2v) is 5.01. The van der Waals surface area contributed by atoms with E-state index in [-0.39, 0.29) is 25.6 Å². The Morgan fingerprint density at radius 1 is 1.32 bits per heavy atom. The number of rotatable bonds is 4. The minimum atomic E-state index is -0.880. The van der Waals surface area contributed by atoms with Crippen molar-refractivity contribution in [2.75, 3.05) is 19.7 Å². The quantitative estimate of drug-likeness (QED) is 0.923. The zero-order valence-corrected chi connectivity index (χ0v) is 11.3. The van der Waals surface area contributed by atoms with Crippen LogP contribution in [0.3, 0.4) is 0 Å². The van der Waals surface area contributed by atoms with E-state index in [0.29, 0.717) is 15.8 Å². The van der Waals surface area contributed by atoms with Crippen molar-refractivity contribution < 1.29 is 19.4 Å². The highest BCUT2D eigenvalue weighted by Crippen LogP contribution is 2.26. The Balaban J connectivity index is 1.81. The molecule has 0 saturated carbocycles. The van der Waals surface area contributed by atoms with E-state index < -0.39 is 11.9 Å². The Hall–Kier alpha value is -1.46. The summed E-state index contributed by atoms with van der Waals surface area (Å²) in [5.74, 6) is -1.15. The zero-order valence-electron chi connectivity index (χ0n) is 9.81. The summed E-state index contributed by atoms with van der Waals surface area (Å²) in [5.41, 5.74) is 0. The van der Waals surface area contributed by atoms with E-state index in [1.165, 1.54) is 11.0 Å². The molecular weight excluding hydrogens is 293 g/mol. The number of ether oxygens (including phenoxy) is 1. The highest BCUT2D eigenvalue weighted by atomic mass is 35.5. The average Bonchev–Trinajstić information content (AvgIpc) is 2.28. The summed E-state index contributed by atoms with van der Waals surface area (Å²) in [4.78, 5) is 23.7. The van der Waals surface area contributed by atoms with E-state index in [1.54, 1.807) is 12.1 Å². The van der Waals surface area contributed by atoms with Gasteiger partial charge in [0.15, 0.2) is 6.61 Å². The molecular formula is C12H11Cl2NO4. The molecule has 0 atom stereocenters. The molecule has 1 aromatic rings. The van der Waals surface area contributed by atoms with E-state index in [0.717, 1.165) is 0 Å². The second kappa shape index (κ2) is 5.67. The van der Waals surface area contributed by atoms with Gasteiger partial charge in [0.2, 0.25) is 0 Å². The summed E-state index contributed by atoms with van der Waals surface area (Å²) in [6.45, 7) is 0.322. The van der Waals surface area contributed by atoms with Crippen molar-refractivity contribution in [3.63, 3.8) is 0 Å². The lowest BCUT2D eigenvalue weighted by molar-refractivity contribution is -0.153. The van der Waals surface area contributed by atoms with Gasteiger partial charge >= 0.3 is 5.97 Å². The molecule has 0 aromatic heterocycles. The minimum absolute atomic E-state index is 0.149. The third-order valence-electron chi connectivity index (χ3n) is 2.84. The zero-order chi connectivity index (χ0) is 14.0. The van der Waals surface area contributed by atoms with E-state index in [9.17, 15) is 9.59 Å². The fourth-order valence-electron chi connectivity index (χ4n) is 1.64. The monoisotopic (exact) mass is 303 g/mol.